The summed E-state index contributed by atoms with van der Waals surface area (Å²) in [5.41, 5.74) is 1.87. The Hall–Kier alpha value is -1.84. The highest BCUT2D eigenvalue weighted by molar-refractivity contribution is 6.10. The van der Waals surface area contributed by atoms with Crippen LogP contribution >= 0.6 is 0 Å². The molecule has 1 heterocycles. The van der Waals surface area contributed by atoms with Crippen molar-refractivity contribution in [2.45, 2.75) is 53.1 Å². The molecule has 4 heteroatoms. The minimum atomic E-state index is -0.484. The summed E-state index contributed by atoms with van der Waals surface area (Å²) in [6, 6.07) is 0. The van der Waals surface area contributed by atoms with Crippen LogP contribution in [0.3, 0.4) is 0 Å². The van der Waals surface area contributed by atoms with Gasteiger partial charge in [-0.25, -0.2) is 0 Å². The summed E-state index contributed by atoms with van der Waals surface area (Å²) in [6.45, 7) is 7.85. The highest BCUT2D eigenvalue weighted by atomic mass is 16.5. The van der Waals surface area contributed by atoms with Crippen LogP contribution in [0.5, 0.6) is 0 Å². The number of aryl methyl sites for hydroxylation is 1. The fraction of sp³-hybridized carbons (Fsp3) is 0.556. The lowest BCUT2D eigenvalue weighted by Crippen LogP contribution is -2.44. The molecular formula is C18H22O4. The second kappa shape index (κ2) is 5.11. The highest BCUT2D eigenvalue weighted by Gasteiger charge is 2.55. The van der Waals surface area contributed by atoms with E-state index in [-0.39, 0.29) is 17.7 Å². The van der Waals surface area contributed by atoms with E-state index in [4.69, 9.17) is 9.15 Å². The molecule has 1 aromatic rings. The van der Waals surface area contributed by atoms with Crippen LogP contribution in [-0.2, 0) is 9.53 Å². The molecule has 4 nitrogen and oxygen atoms in total. The molecule has 3 atom stereocenters. The number of hydrogen-bond acceptors (Lipinski definition) is 4. The van der Waals surface area contributed by atoms with Gasteiger partial charge in [0.1, 0.15) is 6.10 Å². The summed E-state index contributed by atoms with van der Waals surface area (Å²) in [7, 11) is 0. The fourth-order valence-electron chi connectivity index (χ4n) is 3.77. The van der Waals surface area contributed by atoms with Gasteiger partial charge in [-0.1, -0.05) is 26.8 Å². The van der Waals surface area contributed by atoms with Crippen LogP contribution in [0, 0.1) is 18.3 Å². The largest absolute Gasteiger partial charge is 0.460 e. The van der Waals surface area contributed by atoms with E-state index in [0.29, 0.717) is 12.2 Å². The number of ketones is 1. The molecule has 0 aliphatic heterocycles. The van der Waals surface area contributed by atoms with E-state index in [9.17, 15) is 9.59 Å². The average Bonchev–Trinajstić information content (AvgIpc) is 2.87. The Morgan fingerprint density at radius 2 is 2.23 bits per heavy atom. The predicted octanol–water partition coefficient (Wildman–Crippen LogP) is 4.14. The van der Waals surface area contributed by atoms with Crippen LogP contribution in [-0.4, -0.2) is 11.8 Å². The zero-order valence-corrected chi connectivity index (χ0v) is 13.6. The van der Waals surface area contributed by atoms with Crippen molar-refractivity contribution >= 4 is 11.8 Å². The fourth-order valence-corrected chi connectivity index (χ4v) is 3.77. The summed E-state index contributed by atoms with van der Waals surface area (Å²) in [6.07, 6.45) is 5.31. The van der Waals surface area contributed by atoms with Crippen molar-refractivity contribution in [3.05, 3.63) is 34.8 Å². The van der Waals surface area contributed by atoms with Gasteiger partial charge in [0.05, 0.1) is 6.26 Å². The van der Waals surface area contributed by atoms with E-state index < -0.39 is 11.5 Å². The monoisotopic (exact) mass is 302 g/mol. The van der Waals surface area contributed by atoms with Crippen molar-refractivity contribution in [1.29, 1.82) is 0 Å². The number of fused-ring (bicyclic) bond motifs is 2. The second-order valence-corrected chi connectivity index (χ2v) is 6.59. The number of furan rings is 1. The molecule has 0 radical (unpaired) electrons. The van der Waals surface area contributed by atoms with Crippen molar-refractivity contribution in [3.63, 3.8) is 0 Å². The molecule has 0 amide bonds. The lowest BCUT2D eigenvalue weighted by atomic mass is 9.58. The number of esters is 1. The summed E-state index contributed by atoms with van der Waals surface area (Å²) in [5, 5.41) is 0. The summed E-state index contributed by atoms with van der Waals surface area (Å²) >= 11 is 0. The molecule has 1 aromatic heterocycles. The number of carbonyl (C=O) groups excluding carboxylic acids is 2. The Balaban J connectivity index is 2.21. The van der Waals surface area contributed by atoms with Gasteiger partial charge < -0.3 is 9.15 Å². The van der Waals surface area contributed by atoms with Gasteiger partial charge in [-0.3, -0.25) is 9.59 Å². The minimum Gasteiger partial charge on any atom is -0.460 e. The van der Waals surface area contributed by atoms with Crippen molar-refractivity contribution in [2.24, 2.45) is 11.3 Å². The molecule has 3 unspecified atom stereocenters. The maximum atomic E-state index is 12.8. The molecule has 0 N–H and O–H groups in total. The van der Waals surface area contributed by atoms with Crippen LogP contribution in [0.4, 0.5) is 0 Å². The first-order valence-electron chi connectivity index (χ1n) is 7.94. The van der Waals surface area contributed by atoms with Crippen molar-refractivity contribution < 1.29 is 18.7 Å². The van der Waals surface area contributed by atoms with E-state index in [2.05, 4.69) is 6.92 Å². The third-order valence-corrected chi connectivity index (χ3v) is 5.37. The number of allylic oxidation sites excluding steroid dienone is 1. The van der Waals surface area contributed by atoms with Gasteiger partial charge in [-0.2, -0.15) is 0 Å². The lowest BCUT2D eigenvalue weighted by molar-refractivity contribution is -0.157. The summed E-state index contributed by atoms with van der Waals surface area (Å²) in [4.78, 5) is 24.8. The number of hydrogen-bond donors (Lipinski definition) is 0. The zero-order valence-electron chi connectivity index (χ0n) is 13.6. The highest BCUT2D eigenvalue weighted by Crippen LogP contribution is 2.57. The average molecular weight is 302 g/mol. The molecule has 2 aliphatic carbocycles. The Morgan fingerprint density at radius 1 is 1.50 bits per heavy atom. The smallest absolute Gasteiger partial charge is 0.306 e. The third-order valence-electron chi connectivity index (χ3n) is 5.37. The molecule has 118 valence electrons. The number of rotatable bonds is 2. The molecule has 0 aromatic carbocycles. The van der Waals surface area contributed by atoms with Crippen LogP contribution in [0.15, 0.2) is 22.3 Å². The van der Waals surface area contributed by atoms with Gasteiger partial charge in [0.15, 0.2) is 5.76 Å². The predicted molar refractivity (Wildman–Crippen MR) is 81.5 cm³/mol. The molecule has 3 rings (SSSR count). The Morgan fingerprint density at radius 3 is 2.91 bits per heavy atom. The first-order valence-corrected chi connectivity index (χ1v) is 7.94. The SMILES string of the molecule is CCC(=O)OC1c2c(C)coc2C(=O)C2=CCCC(C)C21C. The number of carbonyl (C=O) groups is 2. The molecule has 0 saturated heterocycles. The summed E-state index contributed by atoms with van der Waals surface area (Å²) in [5.74, 6) is 0.294. The topological polar surface area (TPSA) is 56.5 Å². The van der Waals surface area contributed by atoms with Crippen LogP contribution < -0.4 is 0 Å². The first-order chi connectivity index (χ1) is 10.4. The van der Waals surface area contributed by atoms with Gasteiger partial charge in [0, 0.05) is 23.0 Å². The van der Waals surface area contributed by atoms with Gasteiger partial charge in [-0.05, 0) is 31.2 Å². The van der Waals surface area contributed by atoms with Crippen molar-refractivity contribution in [1.82, 2.24) is 0 Å². The van der Waals surface area contributed by atoms with Crippen molar-refractivity contribution in [2.75, 3.05) is 0 Å². The van der Waals surface area contributed by atoms with Crippen molar-refractivity contribution in [3.8, 4) is 0 Å². The van der Waals surface area contributed by atoms with Gasteiger partial charge in [-0.15, -0.1) is 0 Å². The standard InChI is InChI=1S/C18H22O4/c1-5-13(19)22-17-14-10(2)9-21-16(14)15(20)12-8-6-7-11(3)18(12,17)4/h8-9,11,17H,5-7H2,1-4H3. The van der Waals surface area contributed by atoms with E-state index in [1.807, 2.05) is 19.9 Å². The maximum Gasteiger partial charge on any atom is 0.306 e. The number of Topliss-reactive ketones (excluding diaryl/α,β-unsaturated/α-hetero) is 1. The minimum absolute atomic E-state index is 0.0547. The normalized spacial score (nSPS) is 30.4. The maximum absolute atomic E-state index is 12.8. The Kier molecular flexibility index (Phi) is 3.50. The van der Waals surface area contributed by atoms with Gasteiger partial charge >= 0.3 is 5.97 Å². The summed E-state index contributed by atoms with van der Waals surface area (Å²) < 4.78 is 11.3. The Bertz CT molecular complexity index is 667. The zero-order chi connectivity index (χ0) is 16.1. The molecule has 22 heavy (non-hydrogen) atoms. The van der Waals surface area contributed by atoms with Gasteiger partial charge in [0.2, 0.25) is 5.78 Å². The molecule has 0 spiro atoms. The molecular weight excluding hydrogens is 280 g/mol. The lowest BCUT2D eigenvalue weighted by Gasteiger charge is -2.47. The quantitative estimate of drug-likeness (QED) is 0.770. The van der Waals surface area contributed by atoms with Crippen LogP contribution in [0.2, 0.25) is 0 Å². The third kappa shape index (κ3) is 1.89. The molecule has 0 bridgehead atoms. The first kappa shape index (κ1) is 15.1. The Labute approximate surface area is 130 Å². The van der Waals surface area contributed by atoms with E-state index in [1.54, 1.807) is 13.2 Å². The molecule has 2 aliphatic rings. The second-order valence-electron chi connectivity index (χ2n) is 6.59. The molecule has 0 saturated carbocycles. The van der Waals surface area contributed by atoms with Crippen LogP contribution in [0.25, 0.3) is 0 Å². The van der Waals surface area contributed by atoms with Gasteiger partial charge in [0.25, 0.3) is 0 Å². The van der Waals surface area contributed by atoms with Crippen LogP contribution in [0.1, 0.15) is 67.8 Å². The van der Waals surface area contributed by atoms with E-state index in [1.165, 1.54) is 0 Å². The van der Waals surface area contributed by atoms with E-state index >= 15 is 0 Å². The molecule has 0 fully saturated rings. The van der Waals surface area contributed by atoms with E-state index in [0.717, 1.165) is 29.5 Å². The number of ether oxygens (including phenoxy) is 1.